The second kappa shape index (κ2) is 7.25. The van der Waals surface area contributed by atoms with Crippen LogP contribution in [0, 0.1) is 5.41 Å². The summed E-state index contributed by atoms with van der Waals surface area (Å²) in [4.78, 5) is 22.6. The van der Waals surface area contributed by atoms with E-state index in [2.05, 4.69) is 0 Å². The molecule has 1 atom stereocenters. The Morgan fingerprint density at radius 2 is 1.81 bits per heavy atom. The molecule has 0 rings (SSSR count). The number of esters is 1. The summed E-state index contributed by atoms with van der Waals surface area (Å²) in [5, 5.41) is 8.91. The van der Waals surface area contributed by atoms with Crippen LogP contribution in [-0.2, 0) is 14.3 Å². The van der Waals surface area contributed by atoms with Crippen LogP contribution >= 0.6 is 0 Å². The maximum absolute atomic E-state index is 11.8. The van der Waals surface area contributed by atoms with Crippen LogP contribution in [0.2, 0.25) is 0 Å². The van der Waals surface area contributed by atoms with E-state index in [1.165, 1.54) is 7.11 Å². The number of hydrogen-bond acceptors (Lipinski definition) is 3. The van der Waals surface area contributed by atoms with Crippen molar-refractivity contribution in [2.24, 2.45) is 5.41 Å². The van der Waals surface area contributed by atoms with E-state index in [4.69, 9.17) is 9.84 Å². The van der Waals surface area contributed by atoms with E-state index in [9.17, 15) is 9.59 Å². The number of carbonyl (C=O) groups is 2. The minimum absolute atomic E-state index is 0.131. The molecule has 0 spiro atoms. The monoisotopic (exact) mass is 230 g/mol. The highest BCUT2D eigenvalue weighted by molar-refractivity contribution is 5.82. The van der Waals surface area contributed by atoms with E-state index >= 15 is 0 Å². The molecule has 94 valence electrons. The molecule has 1 N–H and O–H groups in total. The van der Waals surface area contributed by atoms with Gasteiger partial charge in [-0.25, -0.2) is 0 Å². The molecule has 16 heavy (non-hydrogen) atoms. The van der Waals surface area contributed by atoms with Gasteiger partial charge >= 0.3 is 11.9 Å². The molecule has 4 heteroatoms. The van der Waals surface area contributed by atoms with Crippen molar-refractivity contribution < 1.29 is 19.4 Å². The molecule has 0 saturated heterocycles. The zero-order valence-corrected chi connectivity index (χ0v) is 10.4. The summed E-state index contributed by atoms with van der Waals surface area (Å²) < 4.78 is 4.76. The Labute approximate surface area is 97.0 Å². The number of methoxy groups -OCH3 is 1. The molecule has 0 aromatic rings. The molecular weight excluding hydrogens is 208 g/mol. The SMILES string of the molecule is CCCCC(CCC)(CC(=O)O)C(=O)OC. The Hall–Kier alpha value is -1.06. The predicted molar refractivity (Wildman–Crippen MR) is 61.1 cm³/mol. The zero-order valence-electron chi connectivity index (χ0n) is 10.4. The summed E-state index contributed by atoms with van der Waals surface area (Å²) in [6.45, 7) is 3.97. The number of carboxylic acids is 1. The molecule has 0 amide bonds. The molecule has 0 aromatic carbocycles. The summed E-state index contributed by atoms with van der Waals surface area (Å²) in [6, 6.07) is 0. The molecular formula is C12H22O4. The maximum atomic E-state index is 11.8. The number of unbranched alkanes of at least 4 members (excludes halogenated alkanes) is 1. The van der Waals surface area contributed by atoms with Gasteiger partial charge in [0.05, 0.1) is 18.9 Å². The fraction of sp³-hybridized carbons (Fsp3) is 0.833. The van der Waals surface area contributed by atoms with Crippen molar-refractivity contribution in [1.29, 1.82) is 0 Å². The molecule has 0 saturated carbocycles. The molecule has 0 bridgehead atoms. The minimum atomic E-state index is -0.935. The van der Waals surface area contributed by atoms with Gasteiger partial charge in [0.1, 0.15) is 0 Å². The van der Waals surface area contributed by atoms with Crippen molar-refractivity contribution in [3.8, 4) is 0 Å². The Balaban J connectivity index is 4.87. The highest BCUT2D eigenvalue weighted by Gasteiger charge is 2.40. The normalized spacial score (nSPS) is 14.2. The lowest BCUT2D eigenvalue weighted by Crippen LogP contribution is -2.34. The van der Waals surface area contributed by atoms with Crippen molar-refractivity contribution in [3.63, 3.8) is 0 Å². The fourth-order valence-corrected chi connectivity index (χ4v) is 2.08. The number of ether oxygens (including phenoxy) is 1. The second-order valence-corrected chi connectivity index (χ2v) is 4.20. The summed E-state index contributed by atoms with van der Waals surface area (Å²) in [6.07, 6.45) is 3.62. The first kappa shape index (κ1) is 14.9. The van der Waals surface area contributed by atoms with Crippen molar-refractivity contribution in [1.82, 2.24) is 0 Å². The van der Waals surface area contributed by atoms with Crippen LogP contribution in [-0.4, -0.2) is 24.2 Å². The molecule has 4 nitrogen and oxygen atoms in total. The number of aliphatic carboxylic acids is 1. The Bertz CT molecular complexity index is 237. The molecule has 1 unspecified atom stereocenters. The number of carboxylic acid groups (broad SMARTS) is 1. The summed E-state index contributed by atoms with van der Waals surface area (Å²) in [5.41, 5.74) is -0.828. The van der Waals surface area contributed by atoms with Crippen LogP contribution in [0.4, 0.5) is 0 Å². The van der Waals surface area contributed by atoms with Gasteiger partial charge in [-0.1, -0.05) is 33.1 Å². The summed E-state index contributed by atoms with van der Waals surface area (Å²) in [7, 11) is 1.32. The third kappa shape index (κ3) is 4.21. The third-order valence-corrected chi connectivity index (χ3v) is 2.85. The highest BCUT2D eigenvalue weighted by atomic mass is 16.5. The molecule has 0 aromatic heterocycles. The van der Waals surface area contributed by atoms with E-state index in [0.717, 1.165) is 19.3 Å². The smallest absolute Gasteiger partial charge is 0.312 e. The van der Waals surface area contributed by atoms with E-state index in [1.54, 1.807) is 0 Å². The van der Waals surface area contributed by atoms with Crippen LogP contribution < -0.4 is 0 Å². The molecule has 0 radical (unpaired) electrons. The third-order valence-electron chi connectivity index (χ3n) is 2.85. The quantitative estimate of drug-likeness (QED) is 0.651. The first-order chi connectivity index (χ1) is 7.52. The van der Waals surface area contributed by atoms with Gasteiger partial charge in [0.25, 0.3) is 0 Å². The lowest BCUT2D eigenvalue weighted by molar-refractivity contribution is -0.159. The first-order valence-electron chi connectivity index (χ1n) is 5.82. The topological polar surface area (TPSA) is 63.6 Å². The van der Waals surface area contributed by atoms with Crippen LogP contribution in [0.1, 0.15) is 52.4 Å². The van der Waals surface area contributed by atoms with Gasteiger partial charge in [-0.2, -0.15) is 0 Å². The number of rotatable bonds is 8. The van der Waals surface area contributed by atoms with Crippen LogP contribution in [0.25, 0.3) is 0 Å². The van der Waals surface area contributed by atoms with E-state index in [-0.39, 0.29) is 12.4 Å². The van der Waals surface area contributed by atoms with Gasteiger partial charge in [0.15, 0.2) is 0 Å². The lowest BCUT2D eigenvalue weighted by atomic mass is 9.76. The molecule has 0 fully saturated rings. The van der Waals surface area contributed by atoms with Gasteiger partial charge in [0, 0.05) is 0 Å². The van der Waals surface area contributed by atoms with Gasteiger partial charge in [-0.15, -0.1) is 0 Å². The molecule has 0 heterocycles. The van der Waals surface area contributed by atoms with Crippen molar-refractivity contribution in [3.05, 3.63) is 0 Å². The Morgan fingerprint density at radius 3 is 2.19 bits per heavy atom. The largest absolute Gasteiger partial charge is 0.481 e. The van der Waals surface area contributed by atoms with Gasteiger partial charge in [-0.05, 0) is 12.8 Å². The fourth-order valence-electron chi connectivity index (χ4n) is 2.08. The van der Waals surface area contributed by atoms with Crippen LogP contribution in [0.15, 0.2) is 0 Å². The first-order valence-corrected chi connectivity index (χ1v) is 5.82. The highest BCUT2D eigenvalue weighted by Crippen LogP contribution is 2.35. The lowest BCUT2D eigenvalue weighted by Gasteiger charge is -2.29. The number of hydrogen-bond donors (Lipinski definition) is 1. The molecule has 0 aliphatic heterocycles. The van der Waals surface area contributed by atoms with E-state index < -0.39 is 11.4 Å². The predicted octanol–water partition coefficient (Wildman–Crippen LogP) is 2.61. The Morgan fingerprint density at radius 1 is 1.19 bits per heavy atom. The van der Waals surface area contributed by atoms with Gasteiger partial charge < -0.3 is 9.84 Å². The van der Waals surface area contributed by atoms with Crippen molar-refractivity contribution in [2.45, 2.75) is 52.4 Å². The Kier molecular flexibility index (Phi) is 6.77. The zero-order chi connectivity index (χ0) is 12.6. The van der Waals surface area contributed by atoms with Crippen molar-refractivity contribution in [2.75, 3.05) is 7.11 Å². The van der Waals surface area contributed by atoms with Crippen LogP contribution in [0.3, 0.4) is 0 Å². The maximum Gasteiger partial charge on any atom is 0.312 e. The molecule has 0 aliphatic rings. The minimum Gasteiger partial charge on any atom is -0.481 e. The van der Waals surface area contributed by atoms with E-state index in [0.29, 0.717) is 12.8 Å². The molecule has 0 aliphatic carbocycles. The second-order valence-electron chi connectivity index (χ2n) is 4.20. The van der Waals surface area contributed by atoms with E-state index in [1.807, 2.05) is 13.8 Å². The van der Waals surface area contributed by atoms with Gasteiger partial charge in [-0.3, -0.25) is 9.59 Å². The standard InChI is InChI=1S/C12H22O4/c1-4-6-8-12(7-5-2,9-10(13)14)11(15)16-3/h4-9H2,1-3H3,(H,13,14). The average molecular weight is 230 g/mol. The summed E-state index contributed by atoms with van der Waals surface area (Å²) in [5.74, 6) is -1.32. The van der Waals surface area contributed by atoms with Gasteiger partial charge in [0.2, 0.25) is 0 Å². The number of carbonyl (C=O) groups excluding carboxylic acids is 1. The summed E-state index contributed by atoms with van der Waals surface area (Å²) >= 11 is 0. The average Bonchev–Trinajstić information content (AvgIpc) is 2.24. The van der Waals surface area contributed by atoms with Crippen molar-refractivity contribution >= 4 is 11.9 Å². The van der Waals surface area contributed by atoms with Crippen LogP contribution in [0.5, 0.6) is 0 Å².